The van der Waals surface area contributed by atoms with Crippen LogP contribution in [0.25, 0.3) is 0 Å². The summed E-state index contributed by atoms with van der Waals surface area (Å²) in [5, 5.41) is 8.92. The predicted molar refractivity (Wildman–Crippen MR) is 84.1 cm³/mol. The largest absolute Gasteiger partial charge is 0.312 e. The molecule has 2 heterocycles. The molecule has 2 rings (SSSR count). The molecule has 1 aromatic rings. The molecule has 0 aliphatic carbocycles. The summed E-state index contributed by atoms with van der Waals surface area (Å²) >= 11 is 6.37. The fourth-order valence-electron chi connectivity index (χ4n) is 2.90. The maximum absolute atomic E-state index is 6.37. The Kier molecular flexibility index (Phi) is 5.47. The van der Waals surface area contributed by atoms with Crippen LogP contribution in [0.5, 0.6) is 0 Å². The lowest BCUT2D eigenvalue weighted by Crippen LogP contribution is -2.41. The monoisotopic (exact) mass is 298 g/mol. The van der Waals surface area contributed by atoms with Gasteiger partial charge in [-0.15, -0.1) is 0 Å². The number of rotatable bonds is 4. The van der Waals surface area contributed by atoms with E-state index in [0.29, 0.717) is 12.0 Å². The quantitative estimate of drug-likeness (QED) is 0.927. The Hall–Kier alpha value is -0.580. The van der Waals surface area contributed by atoms with Crippen molar-refractivity contribution < 1.29 is 0 Å². The molecule has 0 spiro atoms. The third-order valence-electron chi connectivity index (χ3n) is 4.48. The fourth-order valence-corrected chi connectivity index (χ4v) is 3.12. The normalized spacial score (nSPS) is 22.8. The summed E-state index contributed by atoms with van der Waals surface area (Å²) in [5.41, 5.74) is 2.06. The molecule has 0 radical (unpaired) electrons. The lowest BCUT2D eigenvalue weighted by Gasteiger charge is -2.28. The van der Waals surface area contributed by atoms with Gasteiger partial charge < -0.3 is 5.32 Å². The lowest BCUT2D eigenvalue weighted by molar-refractivity contribution is 0.226. The molecule has 1 saturated heterocycles. The summed E-state index contributed by atoms with van der Waals surface area (Å²) < 4.78 is 1.92. The molecule has 2 unspecified atom stereocenters. The van der Waals surface area contributed by atoms with Crippen molar-refractivity contribution in [1.29, 1.82) is 0 Å². The zero-order valence-electron chi connectivity index (χ0n) is 13.1. The molecule has 0 aromatic carbocycles. The van der Waals surface area contributed by atoms with Crippen molar-refractivity contribution in [3.8, 4) is 0 Å². The third kappa shape index (κ3) is 3.54. The molecule has 0 amide bonds. The first-order chi connectivity index (χ1) is 9.52. The molecule has 20 heavy (non-hydrogen) atoms. The van der Waals surface area contributed by atoms with Crippen molar-refractivity contribution in [3.05, 3.63) is 16.4 Å². The van der Waals surface area contributed by atoms with Gasteiger partial charge in [-0.2, -0.15) is 5.10 Å². The number of aromatic nitrogens is 2. The SMILES string of the molecule is CCC(C)C1CN(Cc2c(Cl)c(C)nn2C)CCCN1. The van der Waals surface area contributed by atoms with Crippen LogP contribution in [0.1, 0.15) is 38.1 Å². The van der Waals surface area contributed by atoms with E-state index in [1.165, 1.54) is 12.8 Å². The third-order valence-corrected chi connectivity index (χ3v) is 4.97. The number of hydrogen-bond donors (Lipinski definition) is 1. The Morgan fingerprint density at radius 2 is 2.25 bits per heavy atom. The van der Waals surface area contributed by atoms with Crippen molar-refractivity contribution >= 4 is 11.6 Å². The molecule has 4 nitrogen and oxygen atoms in total. The van der Waals surface area contributed by atoms with E-state index in [4.69, 9.17) is 11.6 Å². The number of nitrogens with zero attached hydrogens (tertiary/aromatic N) is 3. The van der Waals surface area contributed by atoms with Crippen molar-refractivity contribution in [2.45, 2.75) is 46.2 Å². The highest BCUT2D eigenvalue weighted by molar-refractivity contribution is 6.31. The smallest absolute Gasteiger partial charge is 0.0860 e. The van der Waals surface area contributed by atoms with Crippen molar-refractivity contribution in [1.82, 2.24) is 20.0 Å². The minimum absolute atomic E-state index is 0.579. The highest BCUT2D eigenvalue weighted by Crippen LogP contribution is 2.22. The van der Waals surface area contributed by atoms with Gasteiger partial charge in [0.1, 0.15) is 0 Å². The predicted octanol–water partition coefficient (Wildman–Crippen LogP) is 2.59. The summed E-state index contributed by atoms with van der Waals surface area (Å²) in [6.45, 7) is 10.8. The molecule has 0 saturated carbocycles. The van der Waals surface area contributed by atoms with Crippen molar-refractivity contribution in [2.75, 3.05) is 19.6 Å². The lowest BCUT2D eigenvalue weighted by atomic mass is 9.99. The summed E-state index contributed by atoms with van der Waals surface area (Å²) in [7, 11) is 1.98. The Bertz CT molecular complexity index is 443. The molecule has 1 fully saturated rings. The summed E-state index contributed by atoms with van der Waals surface area (Å²) in [6, 6.07) is 0.579. The average Bonchev–Trinajstić information content (AvgIpc) is 2.64. The minimum Gasteiger partial charge on any atom is -0.312 e. The van der Waals surface area contributed by atoms with Gasteiger partial charge in [0.15, 0.2) is 0 Å². The Labute approximate surface area is 127 Å². The van der Waals surface area contributed by atoms with E-state index in [0.717, 1.165) is 42.6 Å². The standard InChI is InChI=1S/C15H27ClN4/c1-5-11(2)13-9-20(8-6-7-17-13)10-14-15(16)12(3)18-19(14)4/h11,13,17H,5-10H2,1-4H3. The minimum atomic E-state index is 0.579. The van der Waals surface area contributed by atoms with Gasteiger partial charge in [-0.05, 0) is 32.4 Å². The zero-order chi connectivity index (χ0) is 14.7. The Balaban J connectivity index is 2.07. The van der Waals surface area contributed by atoms with Crippen LogP contribution in [0, 0.1) is 12.8 Å². The highest BCUT2D eigenvalue weighted by atomic mass is 35.5. The van der Waals surface area contributed by atoms with Gasteiger partial charge >= 0.3 is 0 Å². The van der Waals surface area contributed by atoms with E-state index in [1.807, 2.05) is 18.7 Å². The van der Waals surface area contributed by atoms with Crippen LogP contribution in [-0.2, 0) is 13.6 Å². The second-order valence-corrected chi connectivity index (χ2v) is 6.38. The van der Waals surface area contributed by atoms with E-state index >= 15 is 0 Å². The van der Waals surface area contributed by atoms with Gasteiger partial charge in [-0.3, -0.25) is 9.58 Å². The van der Waals surface area contributed by atoms with Gasteiger partial charge in [0, 0.05) is 26.2 Å². The van der Waals surface area contributed by atoms with E-state index in [9.17, 15) is 0 Å². The van der Waals surface area contributed by atoms with E-state index < -0.39 is 0 Å². The summed E-state index contributed by atoms with van der Waals surface area (Å²) in [5.74, 6) is 0.708. The number of aryl methyl sites for hydroxylation is 2. The topological polar surface area (TPSA) is 33.1 Å². The van der Waals surface area contributed by atoms with Gasteiger partial charge in [-0.1, -0.05) is 31.9 Å². The van der Waals surface area contributed by atoms with E-state index in [1.54, 1.807) is 0 Å². The highest BCUT2D eigenvalue weighted by Gasteiger charge is 2.23. The van der Waals surface area contributed by atoms with Gasteiger partial charge in [-0.25, -0.2) is 0 Å². The van der Waals surface area contributed by atoms with E-state index in [2.05, 4.69) is 29.2 Å². The van der Waals surface area contributed by atoms with E-state index in [-0.39, 0.29) is 0 Å². The second kappa shape index (κ2) is 6.92. The van der Waals surface area contributed by atoms with Crippen LogP contribution in [0.15, 0.2) is 0 Å². The van der Waals surface area contributed by atoms with Crippen LogP contribution in [0.3, 0.4) is 0 Å². The summed E-state index contributed by atoms with van der Waals surface area (Å²) in [4.78, 5) is 2.51. The molecule has 1 aliphatic heterocycles. The maximum atomic E-state index is 6.37. The average molecular weight is 299 g/mol. The summed E-state index contributed by atoms with van der Waals surface area (Å²) in [6.07, 6.45) is 2.42. The second-order valence-electron chi connectivity index (χ2n) is 6.00. The van der Waals surface area contributed by atoms with Crippen molar-refractivity contribution in [3.63, 3.8) is 0 Å². The first kappa shape index (κ1) is 15.8. The molecule has 1 aromatic heterocycles. The molecule has 5 heteroatoms. The van der Waals surface area contributed by atoms with Gasteiger partial charge in [0.05, 0.1) is 16.4 Å². The Morgan fingerprint density at radius 1 is 1.50 bits per heavy atom. The van der Waals surface area contributed by atoms with Gasteiger partial charge in [0.25, 0.3) is 0 Å². The molecule has 114 valence electrons. The van der Waals surface area contributed by atoms with Crippen LogP contribution in [0.2, 0.25) is 5.02 Å². The molecule has 0 bridgehead atoms. The number of nitrogens with one attached hydrogen (secondary N) is 1. The molecule has 1 aliphatic rings. The van der Waals surface area contributed by atoms with Gasteiger partial charge in [0.2, 0.25) is 0 Å². The molecule has 1 N–H and O–H groups in total. The first-order valence-corrected chi connectivity index (χ1v) is 8.04. The van der Waals surface area contributed by atoms with Crippen LogP contribution in [0.4, 0.5) is 0 Å². The fraction of sp³-hybridized carbons (Fsp3) is 0.800. The molecular formula is C15H27ClN4. The zero-order valence-corrected chi connectivity index (χ0v) is 13.9. The molecular weight excluding hydrogens is 272 g/mol. The first-order valence-electron chi connectivity index (χ1n) is 7.66. The van der Waals surface area contributed by atoms with Crippen LogP contribution >= 0.6 is 11.6 Å². The van der Waals surface area contributed by atoms with Crippen LogP contribution in [-0.4, -0.2) is 40.4 Å². The Morgan fingerprint density at radius 3 is 2.85 bits per heavy atom. The van der Waals surface area contributed by atoms with Crippen molar-refractivity contribution in [2.24, 2.45) is 13.0 Å². The molecule has 2 atom stereocenters. The van der Waals surface area contributed by atoms with Crippen LogP contribution < -0.4 is 5.32 Å². The number of hydrogen-bond acceptors (Lipinski definition) is 3. The maximum Gasteiger partial charge on any atom is 0.0860 e. The number of halogens is 1.